The van der Waals surface area contributed by atoms with Gasteiger partial charge in [0.2, 0.25) is 0 Å². The maximum atomic E-state index is 12.4. The van der Waals surface area contributed by atoms with E-state index >= 15 is 0 Å². The van der Waals surface area contributed by atoms with Gasteiger partial charge in [0.25, 0.3) is 0 Å². The van der Waals surface area contributed by atoms with E-state index in [4.69, 9.17) is 4.74 Å². The van der Waals surface area contributed by atoms with Crippen molar-refractivity contribution in [3.8, 4) is 0 Å². The van der Waals surface area contributed by atoms with Gasteiger partial charge in [-0.3, -0.25) is 4.79 Å². The molecule has 0 aromatic heterocycles. The third-order valence-electron chi connectivity index (χ3n) is 5.72. The van der Waals surface area contributed by atoms with Crippen LogP contribution in [0.15, 0.2) is 0 Å². The molecular weight excluding hydrogens is 224 g/mol. The summed E-state index contributed by atoms with van der Waals surface area (Å²) in [5, 5.41) is 0. The topological polar surface area (TPSA) is 26.3 Å². The number of hydrogen-bond acceptors (Lipinski definition) is 2. The maximum absolute atomic E-state index is 12.4. The molecule has 1 aliphatic carbocycles. The zero-order valence-corrected chi connectivity index (χ0v) is 13.2. The summed E-state index contributed by atoms with van der Waals surface area (Å²) in [6, 6.07) is 0. The van der Waals surface area contributed by atoms with Crippen molar-refractivity contribution in [3.05, 3.63) is 0 Å². The van der Waals surface area contributed by atoms with Gasteiger partial charge in [-0.25, -0.2) is 0 Å². The van der Waals surface area contributed by atoms with Crippen molar-refractivity contribution in [3.63, 3.8) is 0 Å². The minimum atomic E-state index is -0.304. The van der Waals surface area contributed by atoms with Crippen molar-refractivity contribution < 1.29 is 9.53 Å². The Balaban J connectivity index is 2.84. The number of carbonyl (C=O) groups is 1. The van der Waals surface area contributed by atoms with Crippen LogP contribution in [0.3, 0.4) is 0 Å². The van der Waals surface area contributed by atoms with Crippen molar-refractivity contribution >= 4 is 5.97 Å². The van der Waals surface area contributed by atoms with Gasteiger partial charge in [0.05, 0.1) is 12.0 Å². The van der Waals surface area contributed by atoms with Crippen molar-refractivity contribution in [2.45, 2.75) is 67.7 Å². The monoisotopic (exact) mass is 254 g/mol. The van der Waals surface area contributed by atoms with Crippen molar-refractivity contribution in [2.24, 2.45) is 22.2 Å². The van der Waals surface area contributed by atoms with Crippen molar-refractivity contribution in [1.29, 1.82) is 0 Å². The molecule has 2 atom stereocenters. The normalized spacial score (nSPS) is 32.2. The Morgan fingerprint density at radius 3 is 2.17 bits per heavy atom. The van der Waals surface area contributed by atoms with Crippen LogP contribution in [-0.2, 0) is 9.53 Å². The van der Waals surface area contributed by atoms with Gasteiger partial charge in [0.15, 0.2) is 0 Å². The van der Waals surface area contributed by atoms with E-state index in [1.807, 2.05) is 0 Å². The highest BCUT2D eigenvalue weighted by Crippen LogP contribution is 2.66. The summed E-state index contributed by atoms with van der Waals surface area (Å²) in [6.07, 6.45) is 3.18. The summed E-state index contributed by atoms with van der Waals surface area (Å²) in [5.74, 6) is 0.412. The summed E-state index contributed by atoms with van der Waals surface area (Å²) in [4.78, 5) is 12.4. The first-order valence-electron chi connectivity index (χ1n) is 7.28. The molecule has 18 heavy (non-hydrogen) atoms. The number of esters is 1. The molecule has 0 aliphatic heterocycles. The van der Waals surface area contributed by atoms with Gasteiger partial charge in [-0.2, -0.15) is 0 Å². The molecule has 0 saturated heterocycles. The summed E-state index contributed by atoms with van der Waals surface area (Å²) in [5.41, 5.74) is -0.0684. The van der Waals surface area contributed by atoms with Gasteiger partial charge in [0, 0.05) is 0 Å². The van der Waals surface area contributed by atoms with Crippen LogP contribution in [0.2, 0.25) is 0 Å². The van der Waals surface area contributed by atoms with Gasteiger partial charge < -0.3 is 4.74 Å². The highest BCUT2D eigenvalue weighted by atomic mass is 16.5. The van der Waals surface area contributed by atoms with Crippen LogP contribution in [0.5, 0.6) is 0 Å². The third kappa shape index (κ3) is 2.19. The Morgan fingerprint density at radius 2 is 1.83 bits per heavy atom. The van der Waals surface area contributed by atoms with Crippen LogP contribution in [-0.4, -0.2) is 12.6 Å². The van der Waals surface area contributed by atoms with E-state index in [1.54, 1.807) is 0 Å². The predicted octanol–water partition coefficient (Wildman–Crippen LogP) is 4.43. The van der Waals surface area contributed by atoms with Crippen LogP contribution in [0.4, 0.5) is 0 Å². The van der Waals surface area contributed by atoms with Crippen molar-refractivity contribution in [1.82, 2.24) is 0 Å². The average molecular weight is 254 g/mol. The molecule has 2 nitrogen and oxygen atoms in total. The molecule has 0 spiro atoms. The zero-order valence-electron chi connectivity index (χ0n) is 13.2. The molecule has 1 rings (SSSR count). The fourth-order valence-corrected chi connectivity index (χ4v) is 3.08. The summed E-state index contributed by atoms with van der Waals surface area (Å²) in [6.45, 7) is 15.8. The Kier molecular flexibility index (Phi) is 4.19. The lowest BCUT2D eigenvalue weighted by atomic mass is 9.42. The van der Waals surface area contributed by atoms with Crippen molar-refractivity contribution in [2.75, 3.05) is 6.61 Å². The lowest BCUT2D eigenvalue weighted by molar-refractivity contribution is -0.196. The van der Waals surface area contributed by atoms with Crippen LogP contribution >= 0.6 is 0 Å². The Bertz CT molecular complexity index is 319. The third-order valence-corrected chi connectivity index (χ3v) is 5.72. The van der Waals surface area contributed by atoms with E-state index in [0.717, 1.165) is 19.3 Å². The first-order valence-corrected chi connectivity index (χ1v) is 7.28. The smallest absolute Gasteiger partial charge is 0.312 e. The van der Waals surface area contributed by atoms with E-state index < -0.39 is 0 Å². The first kappa shape index (κ1) is 15.5. The molecule has 0 aromatic rings. The van der Waals surface area contributed by atoms with Gasteiger partial charge in [-0.1, -0.05) is 48.0 Å². The molecule has 0 N–H and O–H groups in total. The second-order valence-electron chi connectivity index (χ2n) is 7.39. The maximum Gasteiger partial charge on any atom is 0.312 e. The highest BCUT2D eigenvalue weighted by Gasteiger charge is 2.63. The molecule has 0 bridgehead atoms. The van der Waals surface area contributed by atoms with E-state index in [2.05, 4.69) is 48.5 Å². The minimum Gasteiger partial charge on any atom is -0.465 e. The predicted molar refractivity (Wildman–Crippen MR) is 75.3 cm³/mol. The fraction of sp³-hybridized carbons (Fsp3) is 0.938. The van der Waals surface area contributed by atoms with Gasteiger partial charge in [-0.15, -0.1) is 0 Å². The lowest BCUT2D eigenvalue weighted by Gasteiger charge is -2.61. The molecule has 106 valence electrons. The minimum absolute atomic E-state index is 0.00600. The van der Waals surface area contributed by atoms with Crippen LogP contribution in [0, 0.1) is 22.2 Å². The Labute approximate surface area is 112 Å². The molecule has 1 aliphatic rings. The molecule has 1 fully saturated rings. The van der Waals surface area contributed by atoms with E-state index in [1.165, 1.54) is 0 Å². The second-order valence-corrected chi connectivity index (χ2v) is 7.39. The first-order chi connectivity index (χ1) is 8.10. The summed E-state index contributed by atoms with van der Waals surface area (Å²) < 4.78 is 5.51. The lowest BCUT2D eigenvalue weighted by Crippen LogP contribution is -2.59. The van der Waals surface area contributed by atoms with E-state index in [9.17, 15) is 4.79 Å². The molecule has 2 unspecified atom stereocenters. The number of ether oxygens (including phenoxy) is 1. The molecule has 1 saturated carbocycles. The summed E-state index contributed by atoms with van der Waals surface area (Å²) >= 11 is 0. The van der Waals surface area contributed by atoms with Gasteiger partial charge in [0.1, 0.15) is 0 Å². The summed E-state index contributed by atoms with van der Waals surface area (Å²) in [7, 11) is 0. The fourth-order valence-electron chi connectivity index (χ4n) is 3.08. The molecule has 0 amide bonds. The second kappa shape index (κ2) is 4.86. The average Bonchev–Trinajstić information content (AvgIpc) is 2.31. The molecule has 0 radical (unpaired) electrons. The SMILES string of the molecule is CCC(C)(C)C1(C)CCC1(C)C(=O)OCC(C)C. The quantitative estimate of drug-likeness (QED) is 0.678. The van der Waals surface area contributed by atoms with Gasteiger partial charge >= 0.3 is 5.97 Å². The number of rotatable bonds is 5. The largest absolute Gasteiger partial charge is 0.465 e. The molecular formula is C16H30O2. The Morgan fingerprint density at radius 1 is 1.28 bits per heavy atom. The van der Waals surface area contributed by atoms with Gasteiger partial charge in [-0.05, 0) is 36.5 Å². The van der Waals surface area contributed by atoms with Crippen LogP contribution < -0.4 is 0 Å². The van der Waals surface area contributed by atoms with E-state index in [0.29, 0.717) is 12.5 Å². The van der Waals surface area contributed by atoms with Crippen LogP contribution in [0.25, 0.3) is 0 Å². The zero-order chi connectivity index (χ0) is 14.2. The highest BCUT2D eigenvalue weighted by molar-refractivity contribution is 5.79. The number of carbonyl (C=O) groups excluding carboxylic acids is 1. The molecule has 0 heterocycles. The van der Waals surface area contributed by atoms with E-state index in [-0.39, 0.29) is 22.2 Å². The number of hydrogen-bond donors (Lipinski definition) is 0. The van der Waals surface area contributed by atoms with Crippen LogP contribution in [0.1, 0.15) is 67.7 Å². The standard InChI is InChI=1S/C16H30O2/c1-8-14(4,5)16(7)10-9-15(16,6)13(17)18-11-12(2)3/h12H,8-11H2,1-7H3. The molecule has 0 aromatic carbocycles. The molecule has 2 heteroatoms. The Hall–Kier alpha value is -0.530.